The number of hydrogen-bond acceptors (Lipinski definition) is 3. The Bertz CT molecular complexity index is 408. The second-order valence-electron chi connectivity index (χ2n) is 4.84. The lowest BCUT2D eigenvalue weighted by molar-refractivity contribution is -0.120. The van der Waals surface area contributed by atoms with Crippen molar-refractivity contribution >= 4 is 24.0 Å². The van der Waals surface area contributed by atoms with Gasteiger partial charge in [0, 0.05) is 17.6 Å². The topological polar surface area (TPSA) is 64.3 Å². The number of nitrogens with one attached hydrogen (secondary N) is 1. The van der Waals surface area contributed by atoms with Crippen molar-refractivity contribution < 1.29 is 9.53 Å². The van der Waals surface area contributed by atoms with E-state index in [0.29, 0.717) is 0 Å². The molecule has 1 amide bonds. The van der Waals surface area contributed by atoms with E-state index in [1.54, 1.807) is 7.11 Å². The van der Waals surface area contributed by atoms with Gasteiger partial charge in [-0.05, 0) is 43.5 Å². The number of amides is 1. The first kappa shape index (κ1) is 15.8. The second kappa shape index (κ2) is 7.36. The van der Waals surface area contributed by atoms with E-state index in [0.717, 1.165) is 37.1 Å². The van der Waals surface area contributed by atoms with Crippen LogP contribution in [0.4, 0.5) is 5.69 Å². The van der Waals surface area contributed by atoms with E-state index in [1.165, 1.54) is 0 Å². The van der Waals surface area contributed by atoms with Crippen LogP contribution in [0.3, 0.4) is 0 Å². The molecule has 0 aromatic heterocycles. The molecule has 1 fully saturated rings. The molecule has 2 rings (SSSR count). The average molecular weight is 285 g/mol. The van der Waals surface area contributed by atoms with Crippen molar-refractivity contribution in [2.24, 2.45) is 11.7 Å². The minimum absolute atomic E-state index is 0. The van der Waals surface area contributed by atoms with Gasteiger partial charge in [0.1, 0.15) is 5.75 Å². The van der Waals surface area contributed by atoms with Crippen molar-refractivity contribution in [3.63, 3.8) is 0 Å². The Kier molecular flexibility index (Phi) is 6.12. The zero-order valence-corrected chi connectivity index (χ0v) is 11.9. The van der Waals surface area contributed by atoms with Crippen molar-refractivity contribution in [2.45, 2.75) is 31.7 Å². The Morgan fingerprint density at radius 3 is 2.58 bits per heavy atom. The number of ether oxygens (including phenoxy) is 1. The van der Waals surface area contributed by atoms with Gasteiger partial charge >= 0.3 is 0 Å². The van der Waals surface area contributed by atoms with E-state index in [2.05, 4.69) is 5.32 Å². The summed E-state index contributed by atoms with van der Waals surface area (Å²) in [6.45, 7) is 0. The van der Waals surface area contributed by atoms with E-state index in [4.69, 9.17) is 10.5 Å². The summed E-state index contributed by atoms with van der Waals surface area (Å²) in [6.07, 6.45) is 3.81. The predicted octanol–water partition coefficient (Wildman–Crippen LogP) is 2.57. The third-order valence-electron chi connectivity index (χ3n) is 3.44. The average Bonchev–Trinajstić information content (AvgIpc) is 2.39. The molecule has 1 aromatic carbocycles. The van der Waals surface area contributed by atoms with Gasteiger partial charge in [0.05, 0.1) is 7.11 Å². The molecule has 4 nitrogen and oxygen atoms in total. The van der Waals surface area contributed by atoms with E-state index in [9.17, 15) is 4.79 Å². The summed E-state index contributed by atoms with van der Waals surface area (Å²) in [5, 5.41) is 2.93. The minimum Gasteiger partial charge on any atom is -0.497 e. The number of benzene rings is 1. The molecule has 3 N–H and O–H groups in total. The van der Waals surface area contributed by atoms with Crippen LogP contribution in [-0.4, -0.2) is 19.1 Å². The maximum absolute atomic E-state index is 12.1. The van der Waals surface area contributed by atoms with Crippen molar-refractivity contribution in [1.29, 1.82) is 0 Å². The first-order valence-corrected chi connectivity index (χ1v) is 6.39. The molecular weight excluding hydrogens is 264 g/mol. The molecule has 106 valence electrons. The zero-order chi connectivity index (χ0) is 13.0. The molecule has 2 atom stereocenters. The van der Waals surface area contributed by atoms with Crippen molar-refractivity contribution in [3.05, 3.63) is 24.3 Å². The van der Waals surface area contributed by atoms with Gasteiger partial charge in [-0.3, -0.25) is 4.79 Å². The molecular formula is C14H21ClN2O2. The first-order valence-electron chi connectivity index (χ1n) is 6.39. The van der Waals surface area contributed by atoms with Crippen molar-refractivity contribution in [1.82, 2.24) is 0 Å². The number of halogens is 1. The highest BCUT2D eigenvalue weighted by molar-refractivity contribution is 5.92. The molecule has 5 heteroatoms. The second-order valence-corrected chi connectivity index (χ2v) is 4.84. The number of methoxy groups -OCH3 is 1. The summed E-state index contributed by atoms with van der Waals surface area (Å²) in [7, 11) is 1.62. The van der Waals surface area contributed by atoms with Gasteiger partial charge in [0.25, 0.3) is 0 Å². The highest BCUT2D eigenvalue weighted by Gasteiger charge is 2.25. The summed E-state index contributed by atoms with van der Waals surface area (Å²) in [5.74, 6) is 0.916. The monoisotopic (exact) mass is 284 g/mol. The third kappa shape index (κ3) is 4.40. The molecule has 2 unspecified atom stereocenters. The fourth-order valence-electron chi connectivity index (χ4n) is 2.38. The Morgan fingerprint density at radius 1 is 1.32 bits per heavy atom. The number of carbonyl (C=O) groups excluding carboxylic acids is 1. The van der Waals surface area contributed by atoms with Gasteiger partial charge in [-0.2, -0.15) is 0 Å². The van der Waals surface area contributed by atoms with Gasteiger partial charge in [0.2, 0.25) is 5.91 Å². The number of hydrogen-bond donors (Lipinski definition) is 2. The first-order chi connectivity index (χ1) is 8.69. The molecule has 1 saturated carbocycles. The van der Waals surface area contributed by atoms with Crippen molar-refractivity contribution in [3.8, 4) is 5.75 Å². The molecule has 0 heterocycles. The molecule has 0 bridgehead atoms. The summed E-state index contributed by atoms with van der Waals surface area (Å²) < 4.78 is 5.08. The molecule has 1 aliphatic carbocycles. The van der Waals surface area contributed by atoms with Crippen LogP contribution in [0.5, 0.6) is 5.75 Å². The Labute approximate surface area is 120 Å². The highest BCUT2D eigenvalue weighted by Crippen LogP contribution is 2.25. The molecule has 0 radical (unpaired) electrons. The van der Waals surface area contributed by atoms with Crippen LogP contribution in [0, 0.1) is 5.92 Å². The van der Waals surface area contributed by atoms with Gasteiger partial charge in [-0.1, -0.05) is 6.42 Å². The van der Waals surface area contributed by atoms with Gasteiger partial charge in [0.15, 0.2) is 0 Å². The molecule has 1 aromatic rings. The number of carbonyl (C=O) groups is 1. The summed E-state index contributed by atoms with van der Waals surface area (Å²) in [4.78, 5) is 12.1. The van der Waals surface area contributed by atoms with Gasteiger partial charge in [-0.25, -0.2) is 0 Å². The maximum atomic E-state index is 12.1. The zero-order valence-electron chi connectivity index (χ0n) is 11.1. The van der Waals surface area contributed by atoms with Crippen LogP contribution >= 0.6 is 12.4 Å². The SMILES string of the molecule is COc1ccc(NC(=O)C2CCCC(N)C2)cc1.Cl. The number of nitrogens with two attached hydrogens (primary N) is 1. The molecule has 0 aliphatic heterocycles. The highest BCUT2D eigenvalue weighted by atomic mass is 35.5. The van der Waals surface area contributed by atoms with E-state index >= 15 is 0 Å². The molecule has 19 heavy (non-hydrogen) atoms. The van der Waals surface area contributed by atoms with Crippen LogP contribution in [0.15, 0.2) is 24.3 Å². The van der Waals surface area contributed by atoms with E-state index < -0.39 is 0 Å². The van der Waals surface area contributed by atoms with Crippen LogP contribution in [0.25, 0.3) is 0 Å². The lowest BCUT2D eigenvalue weighted by Gasteiger charge is -2.25. The Hall–Kier alpha value is -1.26. The number of anilines is 1. The normalized spacial score (nSPS) is 22.2. The molecule has 0 spiro atoms. The van der Waals surface area contributed by atoms with Crippen molar-refractivity contribution in [2.75, 3.05) is 12.4 Å². The minimum atomic E-state index is 0. The van der Waals surface area contributed by atoms with E-state index in [1.807, 2.05) is 24.3 Å². The largest absolute Gasteiger partial charge is 0.497 e. The van der Waals surface area contributed by atoms with Crippen LogP contribution < -0.4 is 15.8 Å². The van der Waals surface area contributed by atoms with Gasteiger partial charge < -0.3 is 15.8 Å². The summed E-state index contributed by atoms with van der Waals surface area (Å²) >= 11 is 0. The van der Waals surface area contributed by atoms with Crippen LogP contribution in [0.2, 0.25) is 0 Å². The van der Waals surface area contributed by atoms with E-state index in [-0.39, 0.29) is 30.3 Å². The lowest BCUT2D eigenvalue weighted by Crippen LogP contribution is -2.34. The fraction of sp³-hybridized carbons (Fsp3) is 0.500. The summed E-state index contributed by atoms with van der Waals surface area (Å²) in [6, 6.07) is 7.54. The molecule has 0 saturated heterocycles. The smallest absolute Gasteiger partial charge is 0.227 e. The fourth-order valence-corrected chi connectivity index (χ4v) is 2.38. The molecule has 1 aliphatic rings. The predicted molar refractivity (Wildman–Crippen MR) is 78.8 cm³/mol. The number of rotatable bonds is 3. The van der Waals surface area contributed by atoms with Gasteiger partial charge in [-0.15, -0.1) is 12.4 Å². The standard InChI is InChI=1S/C14H20N2O2.ClH/c1-18-13-7-5-12(6-8-13)16-14(17)10-3-2-4-11(15)9-10;/h5-8,10-11H,2-4,9,15H2,1H3,(H,16,17);1H. The maximum Gasteiger partial charge on any atom is 0.227 e. The quantitative estimate of drug-likeness (QED) is 0.897. The Balaban J connectivity index is 0.00000180. The third-order valence-corrected chi connectivity index (χ3v) is 3.44. The van der Waals surface area contributed by atoms with Crippen LogP contribution in [-0.2, 0) is 4.79 Å². The van der Waals surface area contributed by atoms with Crippen LogP contribution in [0.1, 0.15) is 25.7 Å². The lowest BCUT2D eigenvalue weighted by atomic mass is 9.85. The Morgan fingerprint density at radius 2 is 2.00 bits per heavy atom. The summed E-state index contributed by atoms with van der Waals surface area (Å²) in [5.41, 5.74) is 6.70.